The van der Waals surface area contributed by atoms with Crippen LogP contribution in [-0.2, 0) is 10.1 Å². The lowest BCUT2D eigenvalue weighted by Gasteiger charge is -2.19. The van der Waals surface area contributed by atoms with Gasteiger partial charge in [0.2, 0.25) is 0 Å². The van der Waals surface area contributed by atoms with Gasteiger partial charge < -0.3 is 10.1 Å². The lowest BCUT2D eigenvalue weighted by molar-refractivity contribution is 0.414. The normalized spacial score (nSPS) is 12.6. The molecule has 1 rings (SSSR count). The molecule has 5 nitrogen and oxygen atoms in total. The van der Waals surface area contributed by atoms with Crippen LogP contribution in [0.1, 0.15) is 19.4 Å². The molecular formula is C15H21NO4S. The standard InChI is InChI=1S/C15H21NO4S/c1-9(2)11(4)12(5)16-13-7-10(3)15(21(17,18)19)8-14(13)20-6/h7-8,11,16H,1,5H2,2-4,6H3,(H,17,18,19). The summed E-state index contributed by atoms with van der Waals surface area (Å²) in [6.45, 7) is 13.3. The molecule has 0 aliphatic rings. The lowest BCUT2D eigenvalue weighted by Crippen LogP contribution is -2.10. The molecule has 2 N–H and O–H groups in total. The van der Waals surface area contributed by atoms with Gasteiger partial charge in [-0.1, -0.05) is 25.7 Å². The number of hydrogen-bond acceptors (Lipinski definition) is 4. The maximum atomic E-state index is 11.3. The minimum Gasteiger partial charge on any atom is -0.495 e. The summed E-state index contributed by atoms with van der Waals surface area (Å²) in [6.07, 6.45) is 0. The van der Waals surface area contributed by atoms with Crippen LogP contribution in [0.3, 0.4) is 0 Å². The third-order valence-corrected chi connectivity index (χ3v) is 4.33. The first-order valence-electron chi connectivity index (χ1n) is 6.35. The second-order valence-corrected chi connectivity index (χ2v) is 6.40. The molecule has 0 spiro atoms. The molecule has 116 valence electrons. The molecule has 6 heteroatoms. The topological polar surface area (TPSA) is 75.6 Å². The second-order valence-electron chi connectivity index (χ2n) is 5.01. The number of rotatable bonds is 6. The number of nitrogens with one attached hydrogen (secondary N) is 1. The number of methoxy groups -OCH3 is 1. The quantitative estimate of drug-likeness (QED) is 0.622. The predicted molar refractivity (Wildman–Crippen MR) is 84.3 cm³/mol. The fourth-order valence-electron chi connectivity index (χ4n) is 1.79. The van der Waals surface area contributed by atoms with E-state index in [-0.39, 0.29) is 10.8 Å². The van der Waals surface area contributed by atoms with Crippen LogP contribution in [0.25, 0.3) is 0 Å². The molecule has 0 aliphatic carbocycles. The molecule has 0 aliphatic heterocycles. The Bertz CT molecular complexity index is 677. The molecule has 1 aromatic rings. The summed E-state index contributed by atoms with van der Waals surface area (Å²) in [5, 5.41) is 3.11. The molecule has 0 fully saturated rings. The number of anilines is 1. The molecule has 0 heterocycles. The summed E-state index contributed by atoms with van der Waals surface area (Å²) in [5.74, 6) is 0.361. The highest BCUT2D eigenvalue weighted by atomic mass is 32.2. The Kier molecular flexibility index (Phi) is 5.20. The third kappa shape index (κ3) is 4.09. The lowest BCUT2D eigenvalue weighted by atomic mass is 10.0. The first kappa shape index (κ1) is 17.3. The minimum atomic E-state index is -4.29. The van der Waals surface area contributed by atoms with Crippen LogP contribution < -0.4 is 10.1 Å². The summed E-state index contributed by atoms with van der Waals surface area (Å²) in [6, 6.07) is 2.88. The number of allylic oxidation sites excluding steroid dienone is 1. The van der Waals surface area contributed by atoms with E-state index in [9.17, 15) is 13.0 Å². The smallest absolute Gasteiger partial charge is 0.294 e. The summed E-state index contributed by atoms with van der Waals surface area (Å²) in [7, 11) is -2.86. The van der Waals surface area contributed by atoms with Crippen molar-refractivity contribution in [2.24, 2.45) is 5.92 Å². The Balaban J connectivity index is 3.24. The van der Waals surface area contributed by atoms with Crippen LogP contribution in [0, 0.1) is 12.8 Å². The van der Waals surface area contributed by atoms with Gasteiger partial charge in [0, 0.05) is 17.7 Å². The Labute approximate surface area is 126 Å². The predicted octanol–water partition coefficient (Wildman–Crippen LogP) is 3.39. The summed E-state index contributed by atoms with van der Waals surface area (Å²) in [4.78, 5) is -0.177. The van der Waals surface area contributed by atoms with E-state index in [0.717, 1.165) is 11.3 Å². The highest BCUT2D eigenvalue weighted by molar-refractivity contribution is 7.85. The van der Waals surface area contributed by atoms with Gasteiger partial charge in [0.05, 0.1) is 12.8 Å². The van der Waals surface area contributed by atoms with Crippen molar-refractivity contribution in [3.8, 4) is 5.75 Å². The van der Waals surface area contributed by atoms with E-state index in [2.05, 4.69) is 18.5 Å². The van der Waals surface area contributed by atoms with Gasteiger partial charge in [0.15, 0.2) is 0 Å². The highest BCUT2D eigenvalue weighted by Gasteiger charge is 2.18. The number of ether oxygens (including phenoxy) is 1. The van der Waals surface area contributed by atoms with Crippen molar-refractivity contribution in [2.45, 2.75) is 25.7 Å². The van der Waals surface area contributed by atoms with Crippen molar-refractivity contribution in [1.82, 2.24) is 0 Å². The molecule has 0 amide bonds. The van der Waals surface area contributed by atoms with Crippen LogP contribution in [-0.4, -0.2) is 20.1 Å². The van der Waals surface area contributed by atoms with Crippen molar-refractivity contribution in [3.05, 3.63) is 42.1 Å². The second kappa shape index (κ2) is 6.32. The van der Waals surface area contributed by atoms with Gasteiger partial charge in [-0.2, -0.15) is 8.42 Å². The Morgan fingerprint density at radius 3 is 2.38 bits per heavy atom. The van der Waals surface area contributed by atoms with Crippen molar-refractivity contribution in [3.63, 3.8) is 0 Å². The maximum Gasteiger partial charge on any atom is 0.294 e. The maximum absolute atomic E-state index is 11.3. The van der Waals surface area contributed by atoms with Crippen molar-refractivity contribution in [2.75, 3.05) is 12.4 Å². The SMILES string of the molecule is C=C(C)C(C)C(=C)Nc1cc(C)c(S(=O)(=O)O)cc1OC. The van der Waals surface area contributed by atoms with Gasteiger partial charge in [0.25, 0.3) is 10.1 Å². The molecule has 0 saturated carbocycles. The van der Waals surface area contributed by atoms with Crippen LogP contribution in [0.4, 0.5) is 5.69 Å². The summed E-state index contributed by atoms with van der Waals surface area (Å²) >= 11 is 0. The van der Waals surface area contributed by atoms with Gasteiger partial charge in [-0.15, -0.1) is 0 Å². The molecule has 1 atom stereocenters. The Hall–Kier alpha value is -1.79. The van der Waals surface area contributed by atoms with Crippen molar-refractivity contribution >= 4 is 15.8 Å². The van der Waals surface area contributed by atoms with Crippen LogP contribution >= 0.6 is 0 Å². The molecule has 0 saturated heterocycles. The van der Waals surface area contributed by atoms with E-state index in [1.54, 1.807) is 13.0 Å². The van der Waals surface area contributed by atoms with Gasteiger partial charge >= 0.3 is 0 Å². The van der Waals surface area contributed by atoms with E-state index in [1.165, 1.54) is 13.2 Å². The zero-order valence-corrected chi connectivity index (χ0v) is 13.5. The van der Waals surface area contributed by atoms with E-state index in [1.807, 2.05) is 13.8 Å². The summed E-state index contributed by atoms with van der Waals surface area (Å²) in [5.41, 5.74) is 2.68. The fourth-order valence-corrected chi connectivity index (χ4v) is 2.51. The molecule has 1 unspecified atom stereocenters. The largest absolute Gasteiger partial charge is 0.495 e. The van der Waals surface area contributed by atoms with Crippen molar-refractivity contribution in [1.29, 1.82) is 0 Å². The fraction of sp³-hybridized carbons (Fsp3) is 0.333. The van der Waals surface area contributed by atoms with E-state index >= 15 is 0 Å². The van der Waals surface area contributed by atoms with Gasteiger partial charge in [-0.25, -0.2) is 0 Å². The average Bonchev–Trinajstić information content (AvgIpc) is 2.36. The van der Waals surface area contributed by atoms with Gasteiger partial charge in [-0.05, 0) is 25.5 Å². The van der Waals surface area contributed by atoms with E-state index in [4.69, 9.17) is 4.74 Å². The molecular weight excluding hydrogens is 290 g/mol. The average molecular weight is 311 g/mol. The van der Waals surface area contributed by atoms with Crippen LogP contribution in [0.5, 0.6) is 5.75 Å². The van der Waals surface area contributed by atoms with Gasteiger partial charge in [-0.3, -0.25) is 4.55 Å². The molecule has 0 radical (unpaired) electrons. The monoisotopic (exact) mass is 311 g/mol. The zero-order chi connectivity index (χ0) is 16.4. The third-order valence-electron chi connectivity index (χ3n) is 3.33. The summed E-state index contributed by atoms with van der Waals surface area (Å²) < 4.78 is 37.0. The number of aryl methyl sites for hydroxylation is 1. The number of hydrogen-bond donors (Lipinski definition) is 2. The van der Waals surface area contributed by atoms with Crippen LogP contribution in [0.15, 0.2) is 41.5 Å². The Morgan fingerprint density at radius 1 is 1.38 bits per heavy atom. The molecule has 1 aromatic carbocycles. The Morgan fingerprint density at radius 2 is 1.95 bits per heavy atom. The zero-order valence-electron chi connectivity index (χ0n) is 12.7. The van der Waals surface area contributed by atoms with E-state index < -0.39 is 10.1 Å². The molecule has 0 aromatic heterocycles. The first-order chi connectivity index (χ1) is 9.57. The minimum absolute atomic E-state index is 0.0521. The van der Waals surface area contributed by atoms with Crippen LogP contribution in [0.2, 0.25) is 0 Å². The highest BCUT2D eigenvalue weighted by Crippen LogP contribution is 2.32. The molecule has 0 bridgehead atoms. The van der Waals surface area contributed by atoms with Gasteiger partial charge in [0.1, 0.15) is 10.6 Å². The molecule has 21 heavy (non-hydrogen) atoms. The number of benzene rings is 1. The first-order valence-corrected chi connectivity index (χ1v) is 7.79. The van der Waals surface area contributed by atoms with Crippen molar-refractivity contribution < 1.29 is 17.7 Å². The van der Waals surface area contributed by atoms with E-state index in [0.29, 0.717) is 17.0 Å².